The highest BCUT2D eigenvalue weighted by molar-refractivity contribution is 7.81. The van der Waals surface area contributed by atoms with Gasteiger partial charge in [-0.15, -0.1) is 6.42 Å². The van der Waals surface area contributed by atoms with Gasteiger partial charge in [-0.1, -0.05) is 30.3 Å². The zero-order valence-electron chi connectivity index (χ0n) is 27.6. The summed E-state index contributed by atoms with van der Waals surface area (Å²) in [7, 11) is 0. The topological polar surface area (TPSA) is 123 Å². The normalized spacial score (nSPS) is 16.1. The number of amides is 1. The molecule has 0 aliphatic carbocycles. The van der Waals surface area contributed by atoms with Crippen LogP contribution in [0.25, 0.3) is 5.65 Å². The molecule has 48 heavy (non-hydrogen) atoms. The fraction of sp³-hybridized carbons (Fsp3) is 0.559. The van der Waals surface area contributed by atoms with E-state index in [4.69, 9.17) is 52.2 Å². The summed E-state index contributed by atoms with van der Waals surface area (Å²) in [4.78, 5) is 22.7. The van der Waals surface area contributed by atoms with Crippen LogP contribution < -0.4 is 9.62 Å². The molecular formula is C34H47ClN6O6S. The smallest absolute Gasteiger partial charge is 0.256 e. The molecule has 5 rings (SSSR count). The third kappa shape index (κ3) is 11.0. The lowest BCUT2D eigenvalue weighted by atomic mass is 9.98. The average Bonchev–Trinajstić information content (AvgIpc) is 3.79. The predicted octanol–water partition coefficient (Wildman–Crippen LogP) is 4.59. The van der Waals surface area contributed by atoms with E-state index in [1.54, 1.807) is 18.2 Å². The number of halogens is 1. The quantitative estimate of drug-likeness (QED) is 0.111. The minimum absolute atomic E-state index is 0.0424. The van der Waals surface area contributed by atoms with Gasteiger partial charge in [-0.2, -0.15) is 5.10 Å². The Balaban J connectivity index is 0.000000277. The van der Waals surface area contributed by atoms with Crippen LogP contribution in [0.2, 0.25) is 5.02 Å². The SMILES string of the molecule is C#CCOCCOCCOCCOCCO.Cc1cn2nc(C3CCCCN3C(=O)c3cc(Cl)ccc3NS)cc2nc1N1CCCC1. The van der Waals surface area contributed by atoms with Crippen LogP contribution in [0.4, 0.5) is 11.5 Å². The number of nitrogens with one attached hydrogen (secondary N) is 1. The number of carbonyl (C=O) groups excluding carboxylic acids is 1. The number of aryl methyl sites for hydroxylation is 1. The summed E-state index contributed by atoms with van der Waals surface area (Å²) in [5.74, 6) is 3.35. The summed E-state index contributed by atoms with van der Waals surface area (Å²) in [5.41, 5.74) is 3.99. The summed E-state index contributed by atoms with van der Waals surface area (Å²) >= 11 is 10.4. The van der Waals surface area contributed by atoms with Crippen molar-refractivity contribution in [3.8, 4) is 12.3 Å². The maximum Gasteiger partial charge on any atom is 0.256 e. The van der Waals surface area contributed by atoms with Gasteiger partial charge in [0.25, 0.3) is 5.91 Å². The first-order chi connectivity index (χ1) is 23.5. The van der Waals surface area contributed by atoms with E-state index in [1.807, 2.05) is 21.7 Å². The molecule has 3 aromatic rings. The molecule has 1 amide bonds. The number of aromatic nitrogens is 3. The molecule has 1 unspecified atom stereocenters. The Kier molecular flexibility index (Phi) is 16.1. The third-order valence-corrected chi connectivity index (χ3v) is 8.48. The first-order valence-electron chi connectivity index (χ1n) is 16.4. The lowest BCUT2D eigenvalue weighted by Gasteiger charge is -2.35. The van der Waals surface area contributed by atoms with Crippen molar-refractivity contribution in [3.63, 3.8) is 0 Å². The maximum atomic E-state index is 13.5. The number of hydrogen-bond donors (Lipinski definition) is 3. The number of benzene rings is 1. The van der Waals surface area contributed by atoms with Crippen LogP contribution in [0.3, 0.4) is 0 Å². The molecule has 1 atom stereocenters. The summed E-state index contributed by atoms with van der Waals surface area (Å²) < 4.78 is 25.1. The van der Waals surface area contributed by atoms with Gasteiger partial charge in [-0.25, -0.2) is 9.50 Å². The number of likely N-dealkylation sites (tertiary alicyclic amines) is 1. The number of aliphatic hydroxyl groups is 1. The fourth-order valence-electron chi connectivity index (χ4n) is 5.71. The molecule has 0 radical (unpaired) electrons. The Morgan fingerprint density at radius 3 is 2.35 bits per heavy atom. The molecule has 1 aromatic carbocycles. The van der Waals surface area contributed by atoms with E-state index in [0.29, 0.717) is 75.7 Å². The van der Waals surface area contributed by atoms with Gasteiger partial charge >= 0.3 is 0 Å². The van der Waals surface area contributed by atoms with Gasteiger partial charge in [0.15, 0.2) is 5.65 Å². The van der Waals surface area contributed by atoms with E-state index in [0.717, 1.165) is 55.1 Å². The van der Waals surface area contributed by atoms with E-state index in [1.165, 1.54) is 12.8 Å². The van der Waals surface area contributed by atoms with Gasteiger partial charge in [0.2, 0.25) is 0 Å². The van der Waals surface area contributed by atoms with Crippen LogP contribution in [0.15, 0.2) is 30.5 Å². The van der Waals surface area contributed by atoms with Gasteiger partial charge < -0.3 is 38.6 Å². The summed E-state index contributed by atoms with van der Waals surface area (Å²) in [5, 5.41) is 13.8. The number of aliphatic hydroxyl groups excluding tert-OH is 1. The van der Waals surface area contributed by atoms with Crippen molar-refractivity contribution in [3.05, 3.63) is 52.3 Å². The molecule has 0 bridgehead atoms. The van der Waals surface area contributed by atoms with Crippen LogP contribution in [0.1, 0.15) is 59.8 Å². The monoisotopic (exact) mass is 702 g/mol. The Morgan fingerprint density at radius 1 is 1.02 bits per heavy atom. The lowest BCUT2D eigenvalue weighted by Crippen LogP contribution is -2.39. The highest BCUT2D eigenvalue weighted by Gasteiger charge is 2.32. The van der Waals surface area contributed by atoms with E-state index in [2.05, 4.69) is 35.3 Å². The highest BCUT2D eigenvalue weighted by atomic mass is 35.5. The number of rotatable bonds is 16. The Labute approximate surface area is 293 Å². The minimum atomic E-state index is -0.0970. The van der Waals surface area contributed by atoms with E-state index < -0.39 is 0 Å². The number of thiol groups is 1. The molecule has 2 aromatic heterocycles. The van der Waals surface area contributed by atoms with Gasteiger partial charge in [0.1, 0.15) is 12.4 Å². The molecule has 2 aliphatic heterocycles. The van der Waals surface area contributed by atoms with E-state index >= 15 is 0 Å². The first-order valence-corrected chi connectivity index (χ1v) is 17.3. The average molecular weight is 703 g/mol. The standard InChI is InChI=1S/C23H27ClN6OS.C11H20O5/c1-15-14-30-21(25-22(15)28-9-4-5-10-28)13-19(26-30)20-6-2-3-11-29(20)23(31)17-12-16(24)7-8-18(17)27-32;1-2-4-13-6-8-15-10-11-16-9-7-14-5-3-12/h7-8,12-14,20,27,32H,2-6,9-11H2,1H3;1,12H,3-11H2. The van der Waals surface area contributed by atoms with Crippen LogP contribution in [-0.4, -0.2) is 110 Å². The Hall–Kier alpha value is -3.09. The molecule has 262 valence electrons. The van der Waals surface area contributed by atoms with Crippen molar-refractivity contribution in [1.29, 1.82) is 0 Å². The van der Waals surface area contributed by atoms with Crippen molar-refractivity contribution >= 4 is 47.5 Å². The third-order valence-electron chi connectivity index (χ3n) is 8.00. The number of fused-ring (bicyclic) bond motifs is 1. The Bertz CT molecular complexity index is 1480. The largest absolute Gasteiger partial charge is 0.394 e. The lowest BCUT2D eigenvalue weighted by molar-refractivity contribution is -0.00291. The number of anilines is 2. The number of terminal acetylenes is 1. The molecule has 4 heterocycles. The van der Waals surface area contributed by atoms with Crippen LogP contribution >= 0.6 is 24.4 Å². The van der Waals surface area contributed by atoms with E-state index in [-0.39, 0.29) is 18.6 Å². The van der Waals surface area contributed by atoms with Gasteiger partial charge in [-0.05, 0) is 57.2 Å². The number of nitrogens with zero attached hydrogens (tertiary/aromatic N) is 5. The zero-order chi connectivity index (χ0) is 34.1. The molecule has 14 heteroatoms. The maximum absolute atomic E-state index is 13.5. The van der Waals surface area contributed by atoms with Crippen molar-refractivity contribution < 1.29 is 28.8 Å². The molecule has 0 saturated carbocycles. The van der Waals surface area contributed by atoms with Crippen molar-refractivity contribution in [2.24, 2.45) is 0 Å². The summed E-state index contributed by atoms with van der Waals surface area (Å²) in [6, 6.07) is 7.16. The van der Waals surface area contributed by atoms with Crippen molar-refractivity contribution in [2.75, 3.05) is 88.7 Å². The van der Waals surface area contributed by atoms with Crippen molar-refractivity contribution in [2.45, 2.75) is 45.1 Å². The van der Waals surface area contributed by atoms with Gasteiger partial charge in [0.05, 0.1) is 75.8 Å². The number of piperidine rings is 1. The number of ether oxygens (including phenoxy) is 4. The second-order valence-electron chi connectivity index (χ2n) is 11.4. The number of carbonyl (C=O) groups is 1. The van der Waals surface area contributed by atoms with Gasteiger partial charge in [0, 0.05) is 42.5 Å². The molecule has 12 nitrogen and oxygen atoms in total. The number of hydrogen-bond acceptors (Lipinski definition) is 11. The fourth-order valence-corrected chi connectivity index (χ4v) is 6.08. The molecule has 2 fully saturated rings. The Morgan fingerprint density at radius 2 is 1.69 bits per heavy atom. The molecular weight excluding hydrogens is 656 g/mol. The zero-order valence-corrected chi connectivity index (χ0v) is 29.3. The molecule has 2 saturated heterocycles. The molecule has 0 spiro atoms. The van der Waals surface area contributed by atoms with Crippen molar-refractivity contribution in [1.82, 2.24) is 19.5 Å². The predicted molar refractivity (Wildman–Crippen MR) is 190 cm³/mol. The molecule has 2 aliphatic rings. The highest BCUT2D eigenvalue weighted by Crippen LogP contribution is 2.34. The van der Waals surface area contributed by atoms with Gasteiger partial charge in [-0.3, -0.25) is 4.79 Å². The minimum Gasteiger partial charge on any atom is -0.394 e. The van der Waals surface area contributed by atoms with E-state index in [9.17, 15) is 4.79 Å². The summed E-state index contributed by atoms with van der Waals surface area (Å²) in [6.07, 6.45) is 12.4. The first kappa shape index (κ1) is 37.7. The second-order valence-corrected chi connectivity index (χ2v) is 12.1. The molecule has 2 N–H and O–H groups in total. The summed E-state index contributed by atoms with van der Waals surface area (Å²) in [6.45, 7) is 8.67. The van der Waals surface area contributed by atoms with Crippen LogP contribution in [-0.2, 0) is 18.9 Å². The van der Waals surface area contributed by atoms with Crippen LogP contribution in [0, 0.1) is 19.3 Å². The van der Waals surface area contributed by atoms with Crippen LogP contribution in [0.5, 0.6) is 0 Å². The second kappa shape index (κ2) is 20.4.